The van der Waals surface area contributed by atoms with Gasteiger partial charge < -0.3 is 5.11 Å². The van der Waals surface area contributed by atoms with Crippen LogP contribution in [-0.4, -0.2) is 17.6 Å². The van der Waals surface area contributed by atoms with Gasteiger partial charge in [0.2, 0.25) is 0 Å². The standard InChI is InChI=1S/C14H21NO2/c1-4-5-9-15-14(3,13(16)17)12-8-6-7-11(2)10-12/h6-8,10,15H,4-5,9H2,1-3H3,(H,16,17). The third kappa shape index (κ3) is 3.30. The van der Waals surface area contributed by atoms with Crippen LogP contribution in [0.3, 0.4) is 0 Å². The van der Waals surface area contributed by atoms with Crippen LogP contribution in [0.1, 0.15) is 37.8 Å². The van der Waals surface area contributed by atoms with E-state index >= 15 is 0 Å². The van der Waals surface area contributed by atoms with Crippen LogP contribution in [0, 0.1) is 6.92 Å². The normalized spacial score (nSPS) is 14.3. The van der Waals surface area contributed by atoms with Gasteiger partial charge in [0, 0.05) is 0 Å². The molecule has 3 nitrogen and oxygen atoms in total. The summed E-state index contributed by atoms with van der Waals surface area (Å²) < 4.78 is 0. The van der Waals surface area contributed by atoms with Crippen LogP contribution in [0.4, 0.5) is 0 Å². The second kappa shape index (κ2) is 5.82. The van der Waals surface area contributed by atoms with Crippen molar-refractivity contribution in [1.82, 2.24) is 5.32 Å². The number of benzene rings is 1. The Hall–Kier alpha value is -1.35. The quantitative estimate of drug-likeness (QED) is 0.745. The van der Waals surface area contributed by atoms with E-state index in [-0.39, 0.29) is 0 Å². The van der Waals surface area contributed by atoms with E-state index in [9.17, 15) is 9.90 Å². The molecule has 0 saturated carbocycles. The van der Waals surface area contributed by atoms with Crippen molar-refractivity contribution in [3.8, 4) is 0 Å². The lowest BCUT2D eigenvalue weighted by atomic mass is 9.91. The van der Waals surface area contributed by atoms with Gasteiger partial charge in [0.25, 0.3) is 0 Å². The monoisotopic (exact) mass is 235 g/mol. The smallest absolute Gasteiger partial charge is 0.328 e. The number of carbonyl (C=O) groups is 1. The number of carboxylic acids is 1. The lowest BCUT2D eigenvalue weighted by Gasteiger charge is -2.27. The van der Waals surface area contributed by atoms with Gasteiger partial charge in [-0.1, -0.05) is 43.2 Å². The van der Waals surface area contributed by atoms with Gasteiger partial charge in [-0.15, -0.1) is 0 Å². The fourth-order valence-electron chi connectivity index (χ4n) is 1.77. The number of carboxylic acid groups (broad SMARTS) is 1. The summed E-state index contributed by atoms with van der Waals surface area (Å²) in [5.41, 5.74) is 0.884. The van der Waals surface area contributed by atoms with Crippen molar-refractivity contribution in [3.63, 3.8) is 0 Å². The Morgan fingerprint density at radius 3 is 2.71 bits per heavy atom. The minimum absolute atomic E-state index is 0.716. The molecule has 0 heterocycles. The third-order valence-electron chi connectivity index (χ3n) is 3.03. The zero-order valence-corrected chi connectivity index (χ0v) is 10.8. The third-order valence-corrected chi connectivity index (χ3v) is 3.03. The lowest BCUT2D eigenvalue weighted by molar-refractivity contribution is -0.144. The number of aryl methyl sites for hydroxylation is 1. The molecule has 94 valence electrons. The highest BCUT2D eigenvalue weighted by Gasteiger charge is 2.34. The maximum Gasteiger partial charge on any atom is 0.328 e. The Morgan fingerprint density at radius 1 is 1.47 bits per heavy atom. The zero-order valence-electron chi connectivity index (χ0n) is 10.8. The van der Waals surface area contributed by atoms with Crippen molar-refractivity contribution < 1.29 is 9.90 Å². The zero-order chi connectivity index (χ0) is 12.9. The number of nitrogens with one attached hydrogen (secondary N) is 1. The van der Waals surface area contributed by atoms with E-state index in [1.54, 1.807) is 6.92 Å². The van der Waals surface area contributed by atoms with Gasteiger partial charge in [0.1, 0.15) is 5.54 Å². The average molecular weight is 235 g/mol. The number of aliphatic carboxylic acids is 1. The largest absolute Gasteiger partial charge is 0.480 e. The fraction of sp³-hybridized carbons (Fsp3) is 0.500. The van der Waals surface area contributed by atoms with E-state index in [0.717, 1.165) is 24.0 Å². The average Bonchev–Trinajstić information content (AvgIpc) is 2.29. The van der Waals surface area contributed by atoms with Gasteiger partial charge in [-0.05, 0) is 32.4 Å². The molecule has 3 heteroatoms. The molecule has 1 unspecified atom stereocenters. The second-order valence-electron chi connectivity index (χ2n) is 4.58. The van der Waals surface area contributed by atoms with Gasteiger partial charge in [-0.2, -0.15) is 0 Å². The Labute approximate surface area is 103 Å². The van der Waals surface area contributed by atoms with Gasteiger partial charge in [0.15, 0.2) is 0 Å². The Kier molecular flexibility index (Phi) is 4.70. The van der Waals surface area contributed by atoms with Crippen LogP contribution in [0.15, 0.2) is 24.3 Å². The fourth-order valence-corrected chi connectivity index (χ4v) is 1.77. The molecule has 1 atom stereocenters. The van der Waals surface area contributed by atoms with E-state index in [4.69, 9.17) is 0 Å². The maximum atomic E-state index is 11.5. The molecule has 0 amide bonds. The van der Waals surface area contributed by atoms with Crippen molar-refractivity contribution in [2.45, 2.75) is 39.2 Å². The number of hydrogen-bond acceptors (Lipinski definition) is 2. The molecule has 0 aliphatic rings. The highest BCUT2D eigenvalue weighted by Crippen LogP contribution is 2.22. The van der Waals surface area contributed by atoms with Crippen LogP contribution in [-0.2, 0) is 10.3 Å². The topological polar surface area (TPSA) is 49.3 Å². The lowest BCUT2D eigenvalue weighted by Crippen LogP contribution is -2.47. The maximum absolute atomic E-state index is 11.5. The van der Waals surface area contributed by atoms with Crippen LogP contribution in [0.5, 0.6) is 0 Å². The van der Waals surface area contributed by atoms with E-state index in [0.29, 0.717) is 6.54 Å². The van der Waals surface area contributed by atoms with Crippen LogP contribution >= 0.6 is 0 Å². The van der Waals surface area contributed by atoms with Gasteiger partial charge in [-0.3, -0.25) is 5.32 Å². The first-order valence-corrected chi connectivity index (χ1v) is 6.06. The molecule has 17 heavy (non-hydrogen) atoms. The molecule has 0 radical (unpaired) electrons. The summed E-state index contributed by atoms with van der Waals surface area (Å²) in [7, 11) is 0. The van der Waals surface area contributed by atoms with E-state index in [2.05, 4.69) is 12.2 Å². The summed E-state index contributed by atoms with van der Waals surface area (Å²) in [5.74, 6) is -0.834. The van der Waals surface area contributed by atoms with Crippen molar-refractivity contribution in [2.24, 2.45) is 0 Å². The highest BCUT2D eigenvalue weighted by atomic mass is 16.4. The number of unbranched alkanes of at least 4 members (excludes halogenated alkanes) is 1. The molecule has 1 rings (SSSR count). The second-order valence-corrected chi connectivity index (χ2v) is 4.58. The van der Waals surface area contributed by atoms with Crippen molar-refractivity contribution in [3.05, 3.63) is 35.4 Å². The van der Waals surface area contributed by atoms with Crippen molar-refractivity contribution in [1.29, 1.82) is 0 Å². The van der Waals surface area contributed by atoms with E-state index in [1.807, 2.05) is 31.2 Å². The molecular weight excluding hydrogens is 214 g/mol. The first-order chi connectivity index (χ1) is 8.00. The molecule has 0 aliphatic carbocycles. The van der Waals surface area contributed by atoms with Gasteiger partial charge in [0.05, 0.1) is 0 Å². The first-order valence-electron chi connectivity index (χ1n) is 6.06. The van der Waals surface area contributed by atoms with Gasteiger partial charge >= 0.3 is 5.97 Å². The van der Waals surface area contributed by atoms with Gasteiger partial charge in [-0.25, -0.2) is 4.79 Å². The summed E-state index contributed by atoms with van der Waals surface area (Å²) >= 11 is 0. The number of rotatable bonds is 6. The summed E-state index contributed by atoms with van der Waals surface area (Å²) in [6.07, 6.45) is 2.03. The summed E-state index contributed by atoms with van der Waals surface area (Å²) in [6, 6.07) is 7.65. The molecule has 1 aromatic carbocycles. The number of hydrogen-bond donors (Lipinski definition) is 2. The van der Waals surface area contributed by atoms with Crippen molar-refractivity contribution >= 4 is 5.97 Å². The van der Waals surface area contributed by atoms with Crippen LogP contribution in [0.25, 0.3) is 0 Å². The van der Waals surface area contributed by atoms with Crippen LogP contribution < -0.4 is 5.32 Å². The molecule has 0 aromatic heterocycles. The molecule has 0 aliphatic heterocycles. The summed E-state index contributed by atoms with van der Waals surface area (Å²) in [6.45, 7) is 6.50. The Balaban J connectivity index is 2.95. The summed E-state index contributed by atoms with van der Waals surface area (Å²) in [4.78, 5) is 11.5. The van der Waals surface area contributed by atoms with E-state index < -0.39 is 11.5 Å². The minimum Gasteiger partial charge on any atom is -0.480 e. The first kappa shape index (κ1) is 13.7. The molecular formula is C14H21NO2. The predicted molar refractivity (Wildman–Crippen MR) is 69.1 cm³/mol. The molecule has 2 N–H and O–H groups in total. The van der Waals surface area contributed by atoms with Crippen molar-refractivity contribution in [2.75, 3.05) is 6.54 Å². The molecule has 0 fully saturated rings. The predicted octanol–water partition coefficient (Wildman–Crippen LogP) is 2.68. The molecule has 1 aromatic rings. The van der Waals surface area contributed by atoms with E-state index in [1.165, 1.54) is 0 Å². The Bertz CT molecular complexity index is 390. The molecule has 0 saturated heterocycles. The minimum atomic E-state index is -0.999. The SMILES string of the molecule is CCCCNC(C)(C(=O)O)c1cccc(C)c1. The molecule has 0 spiro atoms. The highest BCUT2D eigenvalue weighted by molar-refractivity contribution is 5.80. The Morgan fingerprint density at radius 2 is 2.18 bits per heavy atom. The van der Waals surface area contributed by atoms with Crippen LogP contribution in [0.2, 0.25) is 0 Å². The summed E-state index contributed by atoms with van der Waals surface area (Å²) in [5, 5.41) is 12.6. The molecule has 0 bridgehead atoms.